The van der Waals surface area contributed by atoms with Crippen LogP contribution >= 0.6 is 0 Å². The molecule has 2 heterocycles. The van der Waals surface area contributed by atoms with Gasteiger partial charge in [0.1, 0.15) is 11.9 Å². The Balaban J connectivity index is 1.65. The third-order valence-corrected chi connectivity index (χ3v) is 6.14. The van der Waals surface area contributed by atoms with Crippen molar-refractivity contribution in [3.05, 3.63) is 52.9 Å². The Hall–Kier alpha value is -2.81. The van der Waals surface area contributed by atoms with E-state index in [1.807, 2.05) is 13.8 Å². The number of ether oxygens (including phenoxy) is 2. The average Bonchev–Trinajstić information content (AvgIpc) is 2.93. The lowest BCUT2D eigenvalue weighted by Crippen LogP contribution is -2.34. The van der Waals surface area contributed by atoms with Gasteiger partial charge in [-0.15, -0.1) is 0 Å². The number of sulfone groups is 1. The zero-order valence-electron chi connectivity index (χ0n) is 18.0. The van der Waals surface area contributed by atoms with E-state index in [1.165, 1.54) is 22.8 Å². The molecular weight excluding hydrogens is 420 g/mol. The van der Waals surface area contributed by atoms with Gasteiger partial charge in [-0.2, -0.15) is 0 Å². The van der Waals surface area contributed by atoms with Crippen molar-refractivity contribution in [2.24, 2.45) is 0 Å². The van der Waals surface area contributed by atoms with Gasteiger partial charge in [0.15, 0.2) is 9.84 Å². The summed E-state index contributed by atoms with van der Waals surface area (Å²) in [5.41, 5.74) is 0.290. The van der Waals surface area contributed by atoms with Crippen molar-refractivity contribution in [2.75, 3.05) is 19.3 Å². The first-order valence-electron chi connectivity index (χ1n) is 10.3. The minimum Gasteiger partial charge on any atom is -0.490 e. The van der Waals surface area contributed by atoms with Crippen LogP contribution in [0.4, 0.5) is 4.79 Å². The number of hydrogen-bond donors (Lipinski definition) is 0. The molecule has 1 atom stereocenters. The van der Waals surface area contributed by atoms with Crippen molar-refractivity contribution in [2.45, 2.75) is 50.2 Å². The van der Waals surface area contributed by atoms with Crippen molar-refractivity contribution < 1.29 is 22.7 Å². The quantitative estimate of drug-likeness (QED) is 0.698. The summed E-state index contributed by atoms with van der Waals surface area (Å²) in [5.74, 6) is 0.470. The maximum atomic E-state index is 12.6. The smallest absolute Gasteiger partial charge is 0.410 e. The van der Waals surface area contributed by atoms with Gasteiger partial charge in [-0.25, -0.2) is 13.2 Å². The molecule has 3 rings (SSSR count). The Morgan fingerprint density at radius 2 is 1.81 bits per heavy atom. The summed E-state index contributed by atoms with van der Waals surface area (Å²) < 4.78 is 35.9. The molecule has 9 heteroatoms. The molecule has 1 saturated heterocycles. The lowest BCUT2D eigenvalue weighted by Gasteiger charge is -2.21. The number of pyridine rings is 1. The summed E-state index contributed by atoms with van der Waals surface area (Å²) in [4.78, 5) is 26.6. The zero-order valence-corrected chi connectivity index (χ0v) is 18.8. The van der Waals surface area contributed by atoms with Gasteiger partial charge in [0.05, 0.1) is 11.0 Å². The molecular formula is C22H28N2O6S. The summed E-state index contributed by atoms with van der Waals surface area (Å²) in [6.07, 6.45) is 4.42. The van der Waals surface area contributed by atoms with Gasteiger partial charge in [-0.05, 0) is 57.0 Å². The molecule has 8 nitrogen and oxygen atoms in total. The summed E-state index contributed by atoms with van der Waals surface area (Å²) in [7, 11) is -3.29. The minimum absolute atomic E-state index is 0.0962. The topological polar surface area (TPSA) is 94.9 Å². The molecule has 1 aromatic carbocycles. The fourth-order valence-electron chi connectivity index (χ4n) is 3.44. The van der Waals surface area contributed by atoms with Crippen LogP contribution in [0.1, 0.15) is 33.1 Å². The second-order valence-electron chi connectivity index (χ2n) is 7.93. The Morgan fingerprint density at radius 1 is 1.10 bits per heavy atom. The molecule has 0 bridgehead atoms. The number of amides is 1. The summed E-state index contributed by atoms with van der Waals surface area (Å²) in [6, 6.07) is 9.26. The molecule has 1 aliphatic heterocycles. The first-order valence-corrected chi connectivity index (χ1v) is 12.2. The standard InChI is InChI=1S/C22H28N2O6S/c1-16(2)29-22(26)23-12-4-5-18(10-13-23)30-19-11-14-24(21(25)15-19)17-6-8-20(9-7-17)31(3,27)28/h6-9,11,14-16,18H,4-5,10,12-13H2,1-3H3. The van der Waals surface area contributed by atoms with E-state index < -0.39 is 9.84 Å². The molecule has 0 N–H and O–H groups in total. The van der Waals surface area contributed by atoms with Gasteiger partial charge in [0.25, 0.3) is 5.56 Å². The van der Waals surface area contributed by atoms with Gasteiger partial charge in [-0.3, -0.25) is 9.36 Å². The molecule has 0 spiro atoms. The molecule has 1 aliphatic rings. The van der Waals surface area contributed by atoms with Crippen molar-refractivity contribution in [3.8, 4) is 11.4 Å². The third-order valence-electron chi connectivity index (χ3n) is 5.01. The van der Waals surface area contributed by atoms with E-state index in [1.54, 1.807) is 29.3 Å². The Kier molecular flexibility index (Phi) is 7.04. The van der Waals surface area contributed by atoms with E-state index in [0.717, 1.165) is 19.1 Å². The van der Waals surface area contributed by atoms with E-state index in [4.69, 9.17) is 9.47 Å². The molecule has 1 amide bonds. The van der Waals surface area contributed by atoms with Crippen molar-refractivity contribution in [3.63, 3.8) is 0 Å². The van der Waals surface area contributed by atoms with Crippen LogP contribution in [0, 0.1) is 0 Å². The molecule has 0 aliphatic carbocycles. The van der Waals surface area contributed by atoms with Crippen molar-refractivity contribution >= 4 is 15.9 Å². The highest BCUT2D eigenvalue weighted by molar-refractivity contribution is 7.90. The van der Waals surface area contributed by atoms with Gasteiger partial charge in [0, 0.05) is 43.7 Å². The largest absolute Gasteiger partial charge is 0.490 e. The van der Waals surface area contributed by atoms with Gasteiger partial charge < -0.3 is 14.4 Å². The number of carbonyl (C=O) groups excluding carboxylic acids is 1. The lowest BCUT2D eigenvalue weighted by atomic mass is 10.1. The lowest BCUT2D eigenvalue weighted by molar-refractivity contribution is 0.0767. The predicted molar refractivity (Wildman–Crippen MR) is 117 cm³/mol. The van der Waals surface area contributed by atoms with Crippen molar-refractivity contribution in [1.29, 1.82) is 0 Å². The highest BCUT2D eigenvalue weighted by Gasteiger charge is 2.23. The number of carbonyl (C=O) groups is 1. The maximum Gasteiger partial charge on any atom is 0.410 e. The second kappa shape index (κ2) is 9.55. The normalized spacial score (nSPS) is 17.3. The zero-order chi connectivity index (χ0) is 22.6. The highest BCUT2D eigenvalue weighted by atomic mass is 32.2. The van der Waals surface area contributed by atoms with E-state index in [9.17, 15) is 18.0 Å². The number of rotatable bonds is 5. The second-order valence-corrected chi connectivity index (χ2v) is 9.94. The molecule has 1 unspecified atom stereocenters. The van der Waals surface area contributed by atoms with Crippen LogP contribution in [-0.2, 0) is 14.6 Å². The maximum absolute atomic E-state index is 12.6. The third kappa shape index (κ3) is 6.10. The Morgan fingerprint density at radius 3 is 2.42 bits per heavy atom. The van der Waals surface area contributed by atoms with E-state index in [0.29, 0.717) is 30.9 Å². The molecule has 1 fully saturated rings. The first kappa shape index (κ1) is 22.9. The summed E-state index contributed by atoms with van der Waals surface area (Å²) in [5, 5.41) is 0. The number of aromatic nitrogens is 1. The molecule has 31 heavy (non-hydrogen) atoms. The number of likely N-dealkylation sites (tertiary alicyclic amines) is 1. The van der Waals surface area contributed by atoms with Crippen LogP contribution in [0.5, 0.6) is 5.75 Å². The minimum atomic E-state index is -3.29. The van der Waals surface area contributed by atoms with Gasteiger partial charge >= 0.3 is 6.09 Å². The van der Waals surface area contributed by atoms with Crippen LogP contribution in [0.2, 0.25) is 0 Å². The van der Waals surface area contributed by atoms with Crippen molar-refractivity contribution in [1.82, 2.24) is 9.47 Å². The van der Waals surface area contributed by atoms with Crippen LogP contribution in [0.3, 0.4) is 0 Å². The summed E-state index contributed by atoms with van der Waals surface area (Å²) in [6.45, 7) is 4.81. The molecule has 0 radical (unpaired) electrons. The number of benzene rings is 1. The fraction of sp³-hybridized carbons (Fsp3) is 0.455. The molecule has 1 aromatic heterocycles. The summed E-state index contributed by atoms with van der Waals surface area (Å²) >= 11 is 0. The molecule has 0 saturated carbocycles. The fourth-order valence-corrected chi connectivity index (χ4v) is 4.07. The van der Waals surface area contributed by atoms with Crippen LogP contribution < -0.4 is 10.3 Å². The van der Waals surface area contributed by atoms with E-state index >= 15 is 0 Å². The Bertz CT molecular complexity index is 1080. The SMILES string of the molecule is CC(C)OC(=O)N1CCCC(Oc2ccn(-c3ccc(S(C)(=O)=O)cc3)c(=O)c2)CC1. The highest BCUT2D eigenvalue weighted by Crippen LogP contribution is 2.20. The monoisotopic (exact) mass is 448 g/mol. The average molecular weight is 449 g/mol. The van der Waals surface area contributed by atoms with Crippen LogP contribution in [0.15, 0.2) is 52.3 Å². The van der Waals surface area contributed by atoms with Crippen LogP contribution in [0.25, 0.3) is 5.69 Å². The Labute approximate surface area is 182 Å². The molecule has 2 aromatic rings. The predicted octanol–water partition coefficient (Wildman–Crippen LogP) is 3.02. The van der Waals surface area contributed by atoms with E-state index in [-0.39, 0.29) is 28.8 Å². The first-order chi connectivity index (χ1) is 14.6. The van der Waals surface area contributed by atoms with Gasteiger partial charge in [0.2, 0.25) is 0 Å². The molecule has 168 valence electrons. The van der Waals surface area contributed by atoms with E-state index in [2.05, 4.69) is 0 Å². The van der Waals surface area contributed by atoms with Crippen LogP contribution in [-0.4, -0.2) is 55.5 Å². The van der Waals surface area contributed by atoms with Gasteiger partial charge in [-0.1, -0.05) is 0 Å². The number of hydrogen-bond acceptors (Lipinski definition) is 6. The number of nitrogens with zero attached hydrogens (tertiary/aromatic N) is 2.